The Morgan fingerprint density at radius 2 is 2.18 bits per heavy atom. The average Bonchev–Trinajstić information content (AvgIpc) is 2.56. The van der Waals surface area contributed by atoms with Gasteiger partial charge >= 0.3 is 0 Å². The van der Waals surface area contributed by atoms with E-state index in [0.717, 1.165) is 58.1 Å². The molecule has 0 saturated carbocycles. The van der Waals surface area contributed by atoms with E-state index in [1.807, 2.05) is 0 Å². The molecule has 1 aliphatic rings. The molecular weight excluding hydrogens is 280 g/mol. The molecule has 122 valence electrons. The number of morpholine rings is 1. The number of carbonyl (C=O) groups excluding carboxylic acids is 1. The maximum absolute atomic E-state index is 12.2. The third kappa shape index (κ3) is 5.61. The van der Waals surface area contributed by atoms with E-state index >= 15 is 0 Å². The van der Waals surface area contributed by atoms with Crippen molar-refractivity contribution in [3.05, 3.63) is 23.9 Å². The molecule has 0 unspecified atom stereocenters. The summed E-state index contributed by atoms with van der Waals surface area (Å²) in [4.78, 5) is 18.7. The first-order valence-electron chi connectivity index (χ1n) is 8.08. The zero-order valence-corrected chi connectivity index (χ0v) is 13.3. The van der Waals surface area contributed by atoms with E-state index in [-0.39, 0.29) is 5.91 Å². The summed E-state index contributed by atoms with van der Waals surface area (Å²) in [6.07, 6.45) is 3.90. The van der Waals surface area contributed by atoms with Crippen LogP contribution >= 0.6 is 0 Å². The molecule has 2 N–H and O–H groups in total. The minimum atomic E-state index is -0.0470. The Morgan fingerprint density at radius 3 is 2.95 bits per heavy atom. The minimum Gasteiger partial charge on any atom is -0.379 e. The summed E-state index contributed by atoms with van der Waals surface area (Å²) in [7, 11) is 0. The van der Waals surface area contributed by atoms with Crippen LogP contribution in [0.4, 0.5) is 5.82 Å². The Morgan fingerprint density at radius 1 is 1.36 bits per heavy atom. The first kappa shape index (κ1) is 16.7. The van der Waals surface area contributed by atoms with E-state index in [1.165, 1.54) is 0 Å². The topological polar surface area (TPSA) is 66.5 Å². The van der Waals surface area contributed by atoms with Crippen LogP contribution in [0, 0.1) is 0 Å². The van der Waals surface area contributed by atoms with Crippen LogP contribution in [0.25, 0.3) is 0 Å². The summed E-state index contributed by atoms with van der Waals surface area (Å²) in [6.45, 7) is 7.99. The average molecular weight is 306 g/mol. The summed E-state index contributed by atoms with van der Waals surface area (Å²) < 4.78 is 5.31. The lowest BCUT2D eigenvalue weighted by Crippen LogP contribution is -2.41. The number of ether oxygens (including phenoxy) is 1. The van der Waals surface area contributed by atoms with Gasteiger partial charge in [0.1, 0.15) is 5.82 Å². The quantitative estimate of drug-likeness (QED) is 0.710. The van der Waals surface area contributed by atoms with Gasteiger partial charge in [0.25, 0.3) is 5.91 Å². The Hall–Kier alpha value is -1.66. The summed E-state index contributed by atoms with van der Waals surface area (Å²) >= 11 is 0. The molecule has 1 amide bonds. The third-order valence-corrected chi connectivity index (χ3v) is 3.68. The standard InChI is InChI=1S/C16H26N4O2/c1-2-3-5-17-15-13-14(4-6-18-15)16(21)19-7-8-20-9-11-22-12-10-20/h4,6,13H,2-3,5,7-12H2,1H3,(H,17,18)(H,19,21). The molecule has 1 fully saturated rings. The van der Waals surface area contributed by atoms with Crippen LogP contribution in [0.15, 0.2) is 18.3 Å². The number of carbonyl (C=O) groups is 1. The highest BCUT2D eigenvalue weighted by Crippen LogP contribution is 2.07. The van der Waals surface area contributed by atoms with Gasteiger partial charge in [-0.05, 0) is 18.6 Å². The Balaban J connectivity index is 1.75. The SMILES string of the molecule is CCCCNc1cc(C(=O)NCCN2CCOCC2)ccn1. The van der Waals surface area contributed by atoms with E-state index in [2.05, 4.69) is 27.4 Å². The monoisotopic (exact) mass is 306 g/mol. The molecule has 2 rings (SSSR count). The summed E-state index contributed by atoms with van der Waals surface area (Å²) in [5, 5.41) is 6.20. The zero-order valence-electron chi connectivity index (χ0n) is 13.3. The zero-order chi connectivity index (χ0) is 15.6. The van der Waals surface area contributed by atoms with Gasteiger partial charge in [0.15, 0.2) is 0 Å². The molecule has 0 spiro atoms. The lowest BCUT2D eigenvalue weighted by atomic mass is 10.2. The molecular formula is C16H26N4O2. The molecule has 0 atom stereocenters. The van der Waals surface area contributed by atoms with Gasteiger partial charge in [0, 0.05) is 44.5 Å². The van der Waals surface area contributed by atoms with Crippen LogP contribution < -0.4 is 10.6 Å². The summed E-state index contributed by atoms with van der Waals surface area (Å²) in [6, 6.07) is 3.55. The van der Waals surface area contributed by atoms with Gasteiger partial charge in [-0.2, -0.15) is 0 Å². The molecule has 6 nitrogen and oxygen atoms in total. The van der Waals surface area contributed by atoms with Crippen LogP contribution in [0.2, 0.25) is 0 Å². The molecule has 0 radical (unpaired) electrons. The molecule has 1 saturated heterocycles. The van der Waals surface area contributed by atoms with Gasteiger partial charge in [0.2, 0.25) is 0 Å². The molecule has 1 aliphatic heterocycles. The van der Waals surface area contributed by atoms with Crippen LogP contribution in [0.1, 0.15) is 30.1 Å². The molecule has 0 aliphatic carbocycles. The number of hydrogen-bond acceptors (Lipinski definition) is 5. The van der Waals surface area contributed by atoms with Crippen LogP contribution in [-0.4, -0.2) is 61.7 Å². The fourth-order valence-corrected chi connectivity index (χ4v) is 2.32. The first-order valence-corrected chi connectivity index (χ1v) is 8.08. The molecule has 6 heteroatoms. The van der Waals surface area contributed by atoms with E-state index in [9.17, 15) is 4.79 Å². The molecule has 0 aromatic carbocycles. The van der Waals surface area contributed by atoms with Crippen molar-refractivity contribution in [1.82, 2.24) is 15.2 Å². The maximum Gasteiger partial charge on any atom is 0.251 e. The predicted octanol–water partition coefficient (Wildman–Crippen LogP) is 1.36. The first-order chi connectivity index (χ1) is 10.8. The number of amides is 1. The fourth-order valence-electron chi connectivity index (χ4n) is 2.32. The smallest absolute Gasteiger partial charge is 0.251 e. The van der Waals surface area contributed by atoms with Crippen molar-refractivity contribution in [3.63, 3.8) is 0 Å². The second-order valence-electron chi connectivity index (χ2n) is 5.42. The van der Waals surface area contributed by atoms with Crippen LogP contribution in [0.5, 0.6) is 0 Å². The van der Waals surface area contributed by atoms with E-state index in [1.54, 1.807) is 18.3 Å². The van der Waals surface area contributed by atoms with Gasteiger partial charge in [-0.15, -0.1) is 0 Å². The number of pyridine rings is 1. The molecule has 1 aromatic heterocycles. The maximum atomic E-state index is 12.2. The summed E-state index contributed by atoms with van der Waals surface area (Å²) in [5.74, 6) is 0.712. The van der Waals surface area contributed by atoms with Gasteiger partial charge in [-0.25, -0.2) is 4.98 Å². The second kappa shape index (κ2) is 9.38. The van der Waals surface area contributed by atoms with Crippen molar-refractivity contribution in [2.75, 3.05) is 51.3 Å². The van der Waals surface area contributed by atoms with Crippen molar-refractivity contribution in [2.45, 2.75) is 19.8 Å². The lowest BCUT2D eigenvalue weighted by Gasteiger charge is -2.26. The summed E-state index contributed by atoms with van der Waals surface area (Å²) in [5.41, 5.74) is 0.649. The predicted molar refractivity (Wildman–Crippen MR) is 87.2 cm³/mol. The number of anilines is 1. The highest BCUT2D eigenvalue weighted by atomic mass is 16.5. The van der Waals surface area contributed by atoms with Gasteiger partial charge < -0.3 is 15.4 Å². The number of rotatable bonds is 8. The van der Waals surface area contributed by atoms with Crippen molar-refractivity contribution in [1.29, 1.82) is 0 Å². The van der Waals surface area contributed by atoms with E-state index < -0.39 is 0 Å². The largest absolute Gasteiger partial charge is 0.379 e. The molecule has 22 heavy (non-hydrogen) atoms. The normalized spacial score (nSPS) is 15.5. The van der Waals surface area contributed by atoms with Crippen molar-refractivity contribution in [2.24, 2.45) is 0 Å². The van der Waals surface area contributed by atoms with Gasteiger partial charge in [0.05, 0.1) is 13.2 Å². The Labute approximate surface area is 132 Å². The highest BCUT2D eigenvalue weighted by molar-refractivity contribution is 5.94. The number of unbranched alkanes of at least 4 members (excludes halogenated alkanes) is 1. The van der Waals surface area contributed by atoms with Gasteiger partial charge in [-0.1, -0.05) is 13.3 Å². The minimum absolute atomic E-state index is 0.0470. The molecule has 1 aromatic rings. The number of aromatic nitrogens is 1. The van der Waals surface area contributed by atoms with Crippen LogP contribution in [0.3, 0.4) is 0 Å². The second-order valence-corrected chi connectivity index (χ2v) is 5.42. The van der Waals surface area contributed by atoms with Gasteiger partial charge in [-0.3, -0.25) is 9.69 Å². The third-order valence-electron chi connectivity index (χ3n) is 3.68. The Bertz CT molecular complexity index is 461. The fraction of sp³-hybridized carbons (Fsp3) is 0.625. The van der Waals surface area contributed by atoms with Crippen LogP contribution in [-0.2, 0) is 4.74 Å². The molecule has 0 bridgehead atoms. The Kier molecular flexibility index (Phi) is 7.12. The lowest BCUT2D eigenvalue weighted by molar-refractivity contribution is 0.0383. The number of nitrogens with zero attached hydrogens (tertiary/aromatic N) is 2. The van der Waals surface area contributed by atoms with E-state index in [4.69, 9.17) is 4.74 Å². The molecule has 2 heterocycles. The highest BCUT2D eigenvalue weighted by Gasteiger charge is 2.11. The van der Waals surface area contributed by atoms with Crippen molar-refractivity contribution in [3.8, 4) is 0 Å². The van der Waals surface area contributed by atoms with E-state index in [0.29, 0.717) is 12.1 Å². The van der Waals surface area contributed by atoms with Crippen molar-refractivity contribution >= 4 is 11.7 Å². The van der Waals surface area contributed by atoms with Crippen molar-refractivity contribution < 1.29 is 9.53 Å². The number of hydrogen-bond donors (Lipinski definition) is 2. The number of nitrogens with one attached hydrogen (secondary N) is 2.